The van der Waals surface area contributed by atoms with Crippen LogP contribution in [-0.2, 0) is 0 Å². The summed E-state index contributed by atoms with van der Waals surface area (Å²) in [6, 6.07) is 18.0. The van der Waals surface area contributed by atoms with Gasteiger partial charge in [-0.1, -0.05) is 48.5 Å². The van der Waals surface area contributed by atoms with Crippen LogP contribution < -0.4 is 0 Å². The Morgan fingerprint density at radius 2 is 1.24 bits per heavy atom. The van der Waals surface area contributed by atoms with E-state index >= 15 is 0 Å². The first-order chi connectivity index (χ1) is 8.36. The van der Waals surface area contributed by atoms with Gasteiger partial charge in [0, 0.05) is 11.8 Å². The fraction of sp³-hybridized carbons (Fsp3) is 0.250. The summed E-state index contributed by atoms with van der Waals surface area (Å²) < 4.78 is 0. The van der Waals surface area contributed by atoms with E-state index in [0.29, 0.717) is 17.5 Å². The standard InChI is InChI=1S/C16H15P/c17-15-9-14-10-5-1-3-7-12(10)16(15)13-8-4-2-6-11(13)14/h1-8,14-16H,9,17H2. The number of benzene rings is 2. The molecule has 17 heavy (non-hydrogen) atoms. The smallest absolute Gasteiger partial charge is 0.0158 e. The van der Waals surface area contributed by atoms with E-state index in [9.17, 15) is 0 Å². The highest BCUT2D eigenvalue weighted by atomic mass is 31.0. The number of fused-ring (bicyclic) bond motifs is 1. The highest BCUT2D eigenvalue weighted by Crippen LogP contribution is 2.54. The Kier molecular flexibility index (Phi) is 1.99. The van der Waals surface area contributed by atoms with Gasteiger partial charge in [-0.15, -0.1) is 9.24 Å². The lowest BCUT2D eigenvalue weighted by atomic mass is 9.63. The van der Waals surface area contributed by atoms with Gasteiger partial charge >= 0.3 is 0 Å². The molecule has 0 N–H and O–H groups in total. The molecule has 0 aromatic heterocycles. The predicted octanol–water partition coefficient (Wildman–Crippen LogP) is 3.91. The quantitative estimate of drug-likeness (QED) is 0.610. The van der Waals surface area contributed by atoms with Gasteiger partial charge < -0.3 is 0 Å². The molecule has 2 aromatic rings. The Hall–Kier alpha value is -1.13. The van der Waals surface area contributed by atoms with Gasteiger partial charge in [0.1, 0.15) is 0 Å². The molecule has 2 unspecified atom stereocenters. The van der Waals surface area contributed by atoms with Crippen molar-refractivity contribution < 1.29 is 0 Å². The fourth-order valence-corrected chi connectivity index (χ4v) is 4.37. The maximum atomic E-state index is 3.06. The topological polar surface area (TPSA) is 0 Å². The van der Waals surface area contributed by atoms with E-state index in [2.05, 4.69) is 57.8 Å². The Bertz CT molecular complexity index is 540. The zero-order chi connectivity index (χ0) is 11.4. The Balaban J connectivity index is 2.04. The van der Waals surface area contributed by atoms with Gasteiger partial charge in [-0.3, -0.25) is 0 Å². The summed E-state index contributed by atoms with van der Waals surface area (Å²) in [6.45, 7) is 0. The van der Waals surface area contributed by atoms with Crippen LogP contribution in [0.4, 0.5) is 0 Å². The largest absolute Gasteiger partial charge is 0.133 e. The minimum Gasteiger partial charge on any atom is -0.133 e. The third-order valence-electron chi connectivity index (χ3n) is 4.35. The Morgan fingerprint density at radius 1 is 0.765 bits per heavy atom. The first-order valence-corrected chi connectivity index (χ1v) is 6.96. The van der Waals surface area contributed by atoms with E-state index < -0.39 is 0 Å². The monoisotopic (exact) mass is 238 g/mol. The first-order valence-electron chi connectivity index (χ1n) is 6.29. The summed E-state index contributed by atoms with van der Waals surface area (Å²) in [4.78, 5) is 0. The van der Waals surface area contributed by atoms with Crippen molar-refractivity contribution in [2.75, 3.05) is 0 Å². The van der Waals surface area contributed by atoms with Crippen molar-refractivity contribution in [3.05, 3.63) is 70.8 Å². The van der Waals surface area contributed by atoms with Crippen LogP contribution in [0, 0.1) is 0 Å². The SMILES string of the molecule is PC1CC2c3ccccc3C1c1ccccc12. The highest BCUT2D eigenvalue weighted by Gasteiger charge is 2.40. The Morgan fingerprint density at radius 3 is 1.76 bits per heavy atom. The van der Waals surface area contributed by atoms with Crippen molar-refractivity contribution in [2.24, 2.45) is 0 Å². The average molecular weight is 238 g/mol. The summed E-state index contributed by atoms with van der Waals surface area (Å²) in [5.74, 6) is 1.22. The fourth-order valence-electron chi connectivity index (χ4n) is 3.68. The van der Waals surface area contributed by atoms with Gasteiger partial charge in [0.25, 0.3) is 0 Å². The van der Waals surface area contributed by atoms with Crippen LogP contribution in [0.2, 0.25) is 0 Å². The third kappa shape index (κ3) is 1.22. The second kappa shape index (κ2) is 3.43. The molecule has 2 atom stereocenters. The van der Waals surface area contributed by atoms with E-state index in [1.807, 2.05) is 0 Å². The number of hydrogen-bond acceptors (Lipinski definition) is 0. The van der Waals surface area contributed by atoms with Gasteiger partial charge in [-0.05, 0) is 34.3 Å². The molecule has 3 aliphatic rings. The van der Waals surface area contributed by atoms with Gasteiger partial charge in [0.05, 0.1) is 0 Å². The van der Waals surface area contributed by atoms with Crippen LogP contribution >= 0.6 is 9.24 Å². The molecule has 2 aromatic carbocycles. The molecule has 0 fully saturated rings. The number of hydrogen-bond donors (Lipinski definition) is 0. The molecule has 0 radical (unpaired) electrons. The first kappa shape index (κ1) is 9.85. The molecule has 1 heteroatoms. The van der Waals surface area contributed by atoms with Crippen LogP contribution in [-0.4, -0.2) is 5.66 Å². The van der Waals surface area contributed by atoms with Gasteiger partial charge in [0.2, 0.25) is 0 Å². The normalized spacial score (nSPS) is 28.6. The molecular formula is C16H15P. The van der Waals surface area contributed by atoms with Crippen molar-refractivity contribution in [2.45, 2.75) is 23.9 Å². The van der Waals surface area contributed by atoms with Crippen molar-refractivity contribution in [1.29, 1.82) is 0 Å². The molecular weight excluding hydrogens is 223 g/mol. The molecule has 0 saturated heterocycles. The molecule has 0 nitrogen and oxygen atoms in total. The average Bonchev–Trinajstić information content (AvgIpc) is 2.39. The van der Waals surface area contributed by atoms with Crippen molar-refractivity contribution in [1.82, 2.24) is 0 Å². The van der Waals surface area contributed by atoms with Crippen LogP contribution in [0.5, 0.6) is 0 Å². The third-order valence-corrected chi connectivity index (χ3v) is 5.01. The molecule has 0 spiro atoms. The van der Waals surface area contributed by atoms with E-state index in [1.54, 1.807) is 22.3 Å². The molecule has 0 aliphatic heterocycles. The maximum Gasteiger partial charge on any atom is 0.0158 e. The molecule has 2 bridgehead atoms. The van der Waals surface area contributed by atoms with E-state index in [1.165, 1.54) is 6.42 Å². The van der Waals surface area contributed by atoms with Crippen LogP contribution in [0.1, 0.15) is 40.5 Å². The highest BCUT2D eigenvalue weighted by molar-refractivity contribution is 7.17. The lowest BCUT2D eigenvalue weighted by molar-refractivity contribution is 0.533. The predicted molar refractivity (Wildman–Crippen MR) is 74.7 cm³/mol. The van der Waals surface area contributed by atoms with Crippen molar-refractivity contribution in [3.63, 3.8) is 0 Å². The van der Waals surface area contributed by atoms with E-state index in [-0.39, 0.29) is 0 Å². The van der Waals surface area contributed by atoms with Gasteiger partial charge in [-0.25, -0.2) is 0 Å². The number of rotatable bonds is 0. The van der Waals surface area contributed by atoms with Crippen LogP contribution in [0.25, 0.3) is 0 Å². The summed E-state index contributed by atoms with van der Waals surface area (Å²) in [7, 11) is 3.06. The minimum atomic E-state index is 0.595. The second-order valence-electron chi connectivity index (χ2n) is 5.19. The van der Waals surface area contributed by atoms with E-state index in [0.717, 1.165) is 0 Å². The summed E-state index contributed by atoms with van der Waals surface area (Å²) in [6.07, 6.45) is 1.28. The van der Waals surface area contributed by atoms with Crippen LogP contribution in [0.3, 0.4) is 0 Å². The molecule has 0 amide bonds. The summed E-state index contributed by atoms with van der Waals surface area (Å²) >= 11 is 0. The molecule has 0 heterocycles. The Labute approximate surface area is 104 Å². The van der Waals surface area contributed by atoms with E-state index in [4.69, 9.17) is 0 Å². The second-order valence-corrected chi connectivity index (χ2v) is 6.04. The lowest BCUT2D eigenvalue weighted by Crippen LogP contribution is -2.32. The van der Waals surface area contributed by atoms with Gasteiger partial charge in [0.15, 0.2) is 0 Å². The van der Waals surface area contributed by atoms with Gasteiger partial charge in [-0.2, -0.15) is 0 Å². The minimum absolute atomic E-state index is 0.595. The molecule has 3 aliphatic carbocycles. The lowest BCUT2D eigenvalue weighted by Gasteiger charge is -2.44. The molecule has 84 valence electrons. The molecule has 0 saturated carbocycles. The van der Waals surface area contributed by atoms with Crippen LogP contribution in [0.15, 0.2) is 48.5 Å². The summed E-state index contributed by atoms with van der Waals surface area (Å²) in [5.41, 5.74) is 6.94. The van der Waals surface area contributed by atoms with Crippen molar-refractivity contribution >= 4 is 9.24 Å². The zero-order valence-corrected chi connectivity index (χ0v) is 10.8. The summed E-state index contributed by atoms with van der Waals surface area (Å²) in [5, 5.41) is 0. The van der Waals surface area contributed by atoms with Crippen molar-refractivity contribution in [3.8, 4) is 0 Å². The zero-order valence-electron chi connectivity index (χ0n) is 9.64. The maximum absolute atomic E-state index is 3.06. The molecule has 5 rings (SSSR count).